The molecule has 2 rings (SSSR count). The summed E-state index contributed by atoms with van der Waals surface area (Å²) < 4.78 is 2.11. The molecule has 0 unspecified atom stereocenters. The molecule has 0 aliphatic rings. The molecule has 0 aliphatic heterocycles. The van der Waals surface area contributed by atoms with Crippen LogP contribution >= 0.6 is 11.6 Å². The Balaban J connectivity index is 2.11. The topological polar surface area (TPSA) is 59.3 Å². The van der Waals surface area contributed by atoms with Gasteiger partial charge in [-0.25, -0.2) is 0 Å². The van der Waals surface area contributed by atoms with Gasteiger partial charge in [0.05, 0.1) is 0 Å². The molecule has 0 bridgehead atoms. The number of nitrogens with zero attached hydrogens (tertiary/aromatic N) is 1. The number of benzene rings is 1. The second kappa shape index (κ2) is 13.4. The summed E-state index contributed by atoms with van der Waals surface area (Å²) in [4.78, 5) is 24.3. The summed E-state index contributed by atoms with van der Waals surface area (Å²) in [5.41, 5.74) is 4.15. The summed E-state index contributed by atoms with van der Waals surface area (Å²) in [5.74, 6) is -1.07. The monoisotopic (exact) mass is 471 g/mol. The molecule has 0 saturated carbocycles. The van der Waals surface area contributed by atoms with Crippen LogP contribution in [0.3, 0.4) is 0 Å². The molecule has 0 saturated heterocycles. The van der Waals surface area contributed by atoms with Crippen LogP contribution in [0.15, 0.2) is 42.0 Å². The van der Waals surface area contributed by atoms with Gasteiger partial charge in [-0.3, -0.25) is 9.59 Å². The quantitative estimate of drug-likeness (QED) is 0.173. The summed E-state index contributed by atoms with van der Waals surface area (Å²) in [6.45, 7) is 6.04. The number of aliphatic carboxylic acids is 1. The summed E-state index contributed by atoms with van der Waals surface area (Å²) in [5, 5.41) is 10.5. The normalized spacial score (nSPS) is 13.2. The Bertz CT molecular complexity index is 1020. The second-order valence-corrected chi connectivity index (χ2v) is 9.41. The number of allylic oxidation sites excluding steroid dienone is 4. The number of hydrogen-bond acceptors (Lipinski definition) is 2. The molecule has 1 atom stereocenters. The molecule has 1 N–H and O–H groups in total. The Morgan fingerprint density at radius 2 is 1.88 bits per heavy atom. The van der Waals surface area contributed by atoms with E-state index in [4.69, 9.17) is 16.7 Å². The SMILES string of the molecule is C/C=C\C(=C/CC)CCCCCCc1c(C(=O)C[C@@H](C)CC(=O)O)c2cc(Cl)ccc2n1C. The van der Waals surface area contributed by atoms with Crippen molar-refractivity contribution in [2.24, 2.45) is 13.0 Å². The maximum absolute atomic E-state index is 13.3. The highest BCUT2D eigenvalue weighted by atomic mass is 35.5. The molecule has 180 valence electrons. The van der Waals surface area contributed by atoms with Gasteiger partial charge in [-0.2, -0.15) is 0 Å². The van der Waals surface area contributed by atoms with Gasteiger partial charge in [0.25, 0.3) is 0 Å². The van der Waals surface area contributed by atoms with Gasteiger partial charge in [0.2, 0.25) is 0 Å². The molecule has 0 amide bonds. The highest BCUT2D eigenvalue weighted by Gasteiger charge is 2.23. The third kappa shape index (κ3) is 7.89. The van der Waals surface area contributed by atoms with Crippen molar-refractivity contribution in [2.45, 2.75) is 78.6 Å². The van der Waals surface area contributed by atoms with Gasteiger partial charge in [-0.15, -0.1) is 0 Å². The average Bonchev–Trinajstić information content (AvgIpc) is 3.01. The molecule has 1 aromatic heterocycles. The van der Waals surface area contributed by atoms with Gasteiger partial charge in [0.1, 0.15) is 0 Å². The van der Waals surface area contributed by atoms with Gasteiger partial charge in [-0.1, -0.05) is 62.1 Å². The van der Waals surface area contributed by atoms with E-state index in [1.54, 1.807) is 0 Å². The first-order valence-corrected chi connectivity index (χ1v) is 12.5. The number of aromatic nitrogens is 1. The number of carboxylic acid groups (broad SMARTS) is 1. The largest absolute Gasteiger partial charge is 0.481 e. The Kier molecular flexibility index (Phi) is 10.9. The van der Waals surface area contributed by atoms with Crippen molar-refractivity contribution in [3.05, 3.63) is 58.3 Å². The fraction of sp³-hybridized carbons (Fsp3) is 0.500. The predicted molar refractivity (Wildman–Crippen MR) is 138 cm³/mol. The van der Waals surface area contributed by atoms with Crippen LogP contribution in [-0.4, -0.2) is 21.4 Å². The number of unbranched alkanes of at least 4 members (excludes halogenated alkanes) is 3. The number of halogens is 1. The number of Topliss-reactive ketones (excluding diaryl/α,β-unsaturated/α-hetero) is 1. The van der Waals surface area contributed by atoms with E-state index < -0.39 is 5.97 Å². The smallest absolute Gasteiger partial charge is 0.303 e. The molecular weight excluding hydrogens is 434 g/mol. The Labute approximate surface area is 203 Å². The molecule has 1 heterocycles. The number of carboxylic acids is 1. The van der Waals surface area contributed by atoms with Gasteiger partial charge >= 0.3 is 5.97 Å². The zero-order chi connectivity index (χ0) is 24.4. The standard InChI is InChI=1S/C28H38ClNO3/c1-5-11-21(12-6-2)13-9-7-8-10-14-25-28(26(31)17-20(3)18-27(32)33)23-19-22(29)15-16-24(23)30(25)4/h5,11-12,15-16,19-20H,6-10,13-14,17-18H2,1-4H3,(H,32,33)/b11-5-,21-12+/t20-/m1/s1. The molecule has 0 spiro atoms. The van der Waals surface area contributed by atoms with Crippen LogP contribution in [0.1, 0.15) is 88.2 Å². The number of aryl methyl sites for hydroxylation is 1. The van der Waals surface area contributed by atoms with Crippen molar-refractivity contribution in [2.75, 3.05) is 0 Å². The Morgan fingerprint density at radius 3 is 2.55 bits per heavy atom. The average molecular weight is 472 g/mol. The molecular formula is C28H38ClNO3. The lowest BCUT2D eigenvalue weighted by atomic mass is 9.94. The first kappa shape index (κ1) is 26.9. The van der Waals surface area contributed by atoms with Gasteiger partial charge < -0.3 is 9.67 Å². The van der Waals surface area contributed by atoms with Crippen molar-refractivity contribution < 1.29 is 14.7 Å². The zero-order valence-corrected chi connectivity index (χ0v) is 21.3. The van der Waals surface area contributed by atoms with Crippen LogP contribution in [0.25, 0.3) is 10.9 Å². The molecule has 0 fully saturated rings. The molecule has 4 nitrogen and oxygen atoms in total. The molecule has 33 heavy (non-hydrogen) atoms. The minimum absolute atomic E-state index is 0.00567. The van der Waals surface area contributed by atoms with E-state index >= 15 is 0 Å². The summed E-state index contributed by atoms with van der Waals surface area (Å²) in [6.07, 6.45) is 14.3. The van der Waals surface area contributed by atoms with Gasteiger partial charge in [0, 0.05) is 47.1 Å². The van der Waals surface area contributed by atoms with Gasteiger partial charge in [0.15, 0.2) is 5.78 Å². The lowest BCUT2D eigenvalue weighted by molar-refractivity contribution is -0.137. The minimum atomic E-state index is -0.872. The second-order valence-electron chi connectivity index (χ2n) is 8.97. The fourth-order valence-corrected chi connectivity index (χ4v) is 4.74. The molecule has 5 heteroatoms. The van der Waals surface area contributed by atoms with E-state index in [-0.39, 0.29) is 24.5 Å². The molecule has 1 aromatic carbocycles. The van der Waals surface area contributed by atoms with Crippen molar-refractivity contribution in [1.82, 2.24) is 4.57 Å². The number of fused-ring (bicyclic) bond motifs is 1. The molecule has 0 radical (unpaired) electrons. The van der Waals surface area contributed by atoms with Crippen molar-refractivity contribution >= 4 is 34.3 Å². The third-order valence-electron chi connectivity index (χ3n) is 6.09. The number of carbonyl (C=O) groups excluding carboxylic acids is 1. The third-order valence-corrected chi connectivity index (χ3v) is 6.33. The van der Waals surface area contributed by atoms with E-state index in [0.29, 0.717) is 10.6 Å². The summed E-state index contributed by atoms with van der Waals surface area (Å²) in [7, 11) is 2.00. The number of carbonyl (C=O) groups is 2. The minimum Gasteiger partial charge on any atom is -0.481 e. The first-order chi connectivity index (χ1) is 15.8. The van der Waals surface area contributed by atoms with E-state index in [9.17, 15) is 9.59 Å². The van der Waals surface area contributed by atoms with Gasteiger partial charge in [-0.05, 0) is 63.1 Å². The maximum Gasteiger partial charge on any atom is 0.303 e. The lowest BCUT2D eigenvalue weighted by Crippen LogP contribution is -2.12. The number of ketones is 1. The lowest BCUT2D eigenvalue weighted by Gasteiger charge is -2.11. The van der Waals surface area contributed by atoms with E-state index in [0.717, 1.165) is 55.1 Å². The van der Waals surface area contributed by atoms with Crippen LogP contribution in [0.2, 0.25) is 5.02 Å². The molecule has 0 aliphatic carbocycles. The Hall–Kier alpha value is -2.33. The van der Waals surface area contributed by atoms with Crippen LogP contribution in [0.4, 0.5) is 0 Å². The van der Waals surface area contributed by atoms with E-state index in [2.05, 4.69) is 36.6 Å². The predicted octanol–water partition coefficient (Wildman–Crippen LogP) is 7.92. The van der Waals surface area contributed by atoms with Crippen LogP contribution in [0.5, 0.6) is 0 Å². The molecule has 2 aromatic rings. The summed E-state index contributed by atoms with van der Waals surface area (Å²) in [6, 6.07) is 5.67. The number of hydrogen-bond donors (Lipinski definition) is 1. The van der Waals surface area contributed by atoms with E-state index in [1.165, 1.54) is 12.0 Å². The highest BCUT2D eigenvalue weighted by Crippen LogP contribution is 2.31. The summed E-state index contributed by atoms with van der Waals surface area (Å²) >= 11 is 6.26. The van der Waals surface area contributed by atoms with Crippen molar-refractivity contribution in [1.29, 1.82) is 0 Å². The Morgan fingerprint density at radius 1 is 1.15 bits per heavy atom. The van der Waals surface area contributed by atoms with Crippen LogP contribution in [-0.2, 0) is 18.3 Å². The zero-order valence-electron chi connectivity index (χ0n) is 20.5. The van der Waals surface area contributed by atoms with Crippen LogP contribution in [0, 0.1) is 5.92 Å². The highest BCUT2D eigenvalue weighted by molar-refractivity contribution is 6.31. The first-order valence-electron chi connectivity index (χ1n) is 12.1. The number of rotatable bonds is 14. The van der Waals surface area contributed by atoms with Crippen molar-refractivity contribution in [3.63, 3.8) is 0 Å². The van der Waals surface area contributed by atoms with Crippen molar-refractivity contribution in [3.8, 4) is 0 Å². The van der Waals surface area contributed by atoms with Crippen LogP contribution < -0.4 is 0 Å². The fourth-order valence-electron chi connectivity index (χ4n) is 4.57. The van der Waals surface area contributed by atoms with E-state index in [1.807, 2.05) is 32.2 Å². The maximum atomic E-state index is 13.3.